The molecule has 0 radical (unpaired) electrons. The predicted octanol–water partition coefficient (Wildman–Crippen LogP) is 2.35. The first-order valence-corrected chi connectivity index (χ1v) is 4.54. The van der Waals surface area contributed by atoms with E-state index < -0.39 is 0 Å². The molecule has 0 aliphatic heterocycles. The Bertz CT molecular complexity index is 266. The highest BCUT2D eigenvalue weighted by Gasteiger charge is 2.16. The third kappa shape index (κ3) is 1.58. The molecule has 1 N–H and O–H groups in total. The summed E-state index contributed by atoms with van der Waals surface area (Å²) in [5, 5.41) is 3.48. The maximum Gasteiger partial charge on any atom is 0.0393 e. The lowest BCUT2D eigenvalue weighted by Gasteiger charge is -2.27. The van der Waals surface area contributed by atoms with Gasteiger partial charge in [0.05, 0.1) is 0 Å². The van der Waals surface area contributed by atoms with Crippen molar-refractivity contribution < 1.29 is 0 Å². The minimum atomic E-state index is 0.715. The summed E-state index contributed by atoms with van der Waals surface area (Å²) in [5.41, 5.74) is 2.30. The molecule has 2 rings (SSSR count). The second-order valence-corrected chi connectivity index (χ2v) is 3.46. The van der Waals surface area contributed by atoms with Gasteiger partial charge >= 0.3 is 0 Å². The average Bonchev–Trinajstić information content (AvgIpc) is 1.97. The van der Waals surface area contributed by atoms with Gasteiger partial charge in [-0.15, -0.1) is 0 Å². The van der Waals surface area contributed by atoms with Gasteiger partial charge in [0.25, 0.3) is 0 Å². The summed E-state index contributed by atoms with van der Waals surface area (Å²) in [6.07, 6.45) is 5.88. The van der Waals surface area contributed by atoms with E-state index in [1.807, 2.05) is 19.2 Å². The summed E-state index contributed by atoms with van der Waals surface area (Å²) in [4.78, 5) is 4.15. The maximum absolute atomic E-state index is 4.15. The van der Waals surface area contributed by atoms with Gasteiger partial charge in [-0.05, 0) is 38.3 Å². The summed E-state index contributed by atoms with van der Waals surface area (Å²) in [6.45, 7) is 2.02. The van der Waals surface area contributed by atoms with Crippen molar-refractivity contribution in [1.29, 1.82) is 0 Å². The van der Waals surface area contributed by atoms with Crippen LogP contribution in [-0.4, -0.2) is 11.0 Å². The van der Waals surface area contributed by atoms with Crippen molar-refractivity contribution in [3.05, 3.63) is 24.0 Å². The average molecular weight is 162 g/mol. The van der Waals surface area contributed by atoms with E-state index in [0.717, 1.165) is 5.69 Å². The van der Waals surface area contributed by atoms with Crippen LogP contribution in [0.15, 0.2) is 18.3 Å². The summed E-state index contributed by atoms with van der Waals surface area (Å²) in [5.74, 6) is 0. The Balaban J connectivity index is 2.02. The second kappa shape index (κ2) is 3.13. The number of hydrogen-bond acceptors (Lipinski definition) is 2. The van der Waals surface area contributed by atoms with Crippen LogP contribution in [0.5, 0.6) is 0 Å². The molecule has 1 aliphatic rings. The Morgan fingerprint density at radius 2 is 2.33 bits per heavy atom. The molecule has 0 spiro atoms. The van der Waals surface area contributed by atoms with Crippen molar-refractivity contribution in [3.8, 4) is 0 Å². The smallest absolute Gasteiger partial charge is 0.0393 e. The quantitative estimate of drug-likeness (QED) is 0.722. The van der Waals surface area contributed by atoms with Gasteiger partial charge in [0.1, 0.15) is 0 Å². The highest BCUT2D eigenvalue weighted by atomic mass is 14.9. The van der Waals surface area contributed by atoms with E-state index in [0.29, 0.717) is 6.04 Å². The molecule has 2 heteroatoms. The third-order valence-corrected chi connectivity index (χ3v) is 2.37. The fourth-order valence-electron chi connectivity index (χ4n) is 1.42. The van der Waals surface area contributed by atoms with E-state index in [2.05, 4.69) is 16.4 Å². The molecule has 0 unspecified atom stereocenters. The number of nitrogens with one attached hydrogen (secondary N) is 1. The Morgan fingerprint density at radius 3 is 2.92 bits per heavy atom. The number of anilines is 1. The van der Waals surface area contributed by atoms with Gasteiger partial charge < -0.3 is 5.32 Å². The molecule has 64 valence electrons. The van der Waals surface area contributed by atoms with Crippen LogP contribution in [-0.2, 0) is 0 Å². The van der Waals surface area contributed by atoms with Gasteiger partial charge in [0, 0.05) is 23.6 Å². The molecule has 1 aromatic heterocycles. The van der Waals surface area contributed by atoms with Gasteiger partial charge in [-0.1, -0.05) is 0 Å². The van der Waals surface area contributed by atoms with E-state index in [4.69, 9.17) is 0 Å². The van der Waals surface area contributed by atoms with Crippen molar-refractivity contribution >= 4 is 5.69 Å². The SMILES string of the molecule is Cc1cc(NC2CCC2)ccn1. The van der Waals surface area contributed by atoms with Crippen LogP contribution in [0.25, 0.3) is 0 Å². The van der Waals surface area contributed by atoms with Crippen LogP contribution in [0.3, 0.4) is 0 Å². The predicted molar refractivity (Wildman–Crippen MR) is 50.2 cm³/mol. The zero-order valence-corrected chi connectivity index (χ0v) is 7.38. The molecule has 1 saturated carbocycles. The number of pyridine rings is 1. The van der Waals surface area contributed by atoms with E-state index in [1.165, 1.54) is 24.9 Å². The standard InChI is InChI=1S/C10H14N2/c1-8-7-10(5-6-11-8)12-9-3-2-4-9/h5-7,9H,2-4H2,1H3,(H,11,12). The van der Waals surface area contributed by atoms with Crippen LogP contribution in [0.1, 0.15) is 25.0 Å². The Hall–Kier alpha value is -1.05. The monoisotopic (exact) mass is 162 g/mol. The molecule has 1 aromatic rings. The van der Waals surface area contributed by atoms with Gasteiger partial charge in [-0.25, -0.2) is 0 Å². The molecule has 0 aromatic carbocycles. The maximum atomic E-state index is 4.15. The number of nitrogens with zero attached hydrogens (tertiary/aromatic N) is 1. The molecule has 1 aliphatic carbocycles. The molecule has 1 heterocycles. The van der Waals surface area contributed by atoms with Crippen molar-refractivity contribution in [2.45, 2.75) is 32.2 Å². The molecule has 0 amide bonds. The summed E-state index contributed by atoms with van der Waals surface area (Å²) >= 11 is 0. The zero-order chi connectivity index (χ0) is 8.39. The zero-order valence-electron chi connectivity index (χ0n) is 7.38. The Labute approximate surface area is 73.0 Å². The Morgan fingerprint density at radius 1 is 1.50 bits per heavy atom. The van der Waals surface area contributed by atoms with E-state index in [9.17, 15) is 0 Å². The van der Waals surface area contributed by atoms with Crippen molar-refractivity contribution in [1.82, 2.24) is 4.98 Å². The van der Waals surface area contributed by atoms with E-state index in [-0.39, 0.29) is 0 Å². The largest absolute Gasteiger partial charge is 0.382 e. The van der Waals surface area contributed by atoms with Gasteiger partial charge in [-0.3, -0.25) is 4.98 Å². The minimum absolute atomic E-state index is 0.715. The Kier molecular flexibility index (Phi) is 1.98. The molecule has 0 bridgehead atoms. The lowest BCUT2D eigenvalue weighted by atomic mass is 9.93. The van der Waals surface area contributed by atoms with Crippen LogP contribution in [0, 0.1) is 6.92 Å². The molecule has 12 heavy (non-hydrogen) atoms. The third-order valence-electron chi connectivity index (χ3n) is 2.37. The first-order valence-electron chi connectivity index (χ1n) is 4.54. The minimum Gasteiger partial charge on any atom is -0.382 e. The van der Waals surface area contributed by atoms with Crippen LogP contribution < -0.4 is 5.32 Å². The molecule has 2 nitrogen and oxygen atoms in total. The fourth-order valence-corrected chi connectivity index (χ4v) is 1.42. The van der Waals surface area contributed by atoms with Gasteiger partial charge in [-0.2, -0.15) is 0 Å². The van der Waals surface area contributed by atoms with Crippen LogP contribution in [0.4, 0.5) is 5.69 Å². The molecule has 1 fully saturated rings. The van der Waals surface area contributed by atoms with Crippen molar-refractivity contribution in [2.24, 2.45) is 0 Å². The second-order valence-electron chi connectivity index (χ2n) is 3.46. The summed E-state index contributed by atoms with van der Waals surface area (Å²) < 4.78 is 0. The fraction of sp³-hybridized carbons (Fsp3) is 0.500. The molecular formula is C10H14N2. The van der Waals surface area contributed by atoms with Gasteiger partial charge in [0.2, 0.25) is 0 Å². The lowest BCUT2D eigenvalue weighted by Crippen LogP contribution is -2.26. The number of aromatic nitrogens is 1. The highest BCUT2D eigenvalue weighted by Crippen LogP contribution is 2.22. The molecule has 0 atom stereocenters. The highest BCUT2D eigenvalue weighted by molar-refractivity contribution is 5.44. The normalized spacial score (nSPS) is 17.1. The van der Waals surface area contributed by atoms with E-state index >= 15 is 0 Å². The van der Waals surface area contributed by atoms with Crippen LogP contribution in [0.2, 0.25) is 0 Å². The topological polar surface area (TPSA) is 24.9 Å². The number of aryl methyl sites for hydroxylation is 1. The summed E-state index contributed by atoms with van der Waals surface area (Å²) in [6, 6.07) is 4.84. The van der Waals surface area contributed by atoms with Crippen molar-refractivity contribution in [3.63, 3.8) is 0 Å². The first kappa shape index (κ1) is 7.59. The number of rotatable bonds is 2. The first-order chi connectivity index (χ1) is 5.84. The van der Waals surface area contributed by atoms with Gasteiger partial charge in [0.15, 0.2) is 0 Å². The lowest BCUT2D eigenvalue weighted by molar-refractivity contribution is 0.445. The molecule has 0 saturated heterocycles. The van der Waals surface area contributed by atoms with Crippen LogP contribution >= 0.6 is 0 Å². The number of hydrogen-bond donors (Lipinski definition) is 1. The van der Waals surface area contributed by atoms with E-state index in [1.54, 1.807) is 0 Å². The summed E-state index contributed by atoms with van der Waals surface area (Å²) in [7, 11) is 0. The van der Waals surface area contributed by atoms with Crippen molar-refractivity contribution in [2.75, 3.05) is 5.32 Å². The molecular weight excluding hydrogens is 148 g/mol.